The fourth-order valence-corrected chi connectivity index (χ4v) is 3.16. The Labute approximate surface area is 132 Å². The molecule has 4 rings (SSSR count). The van der Waals surface area contributed by atoms with E-state index in [2.05, 4.69) is 12.2 Å². The van der Waals surface area contributed by atoms with Gasteiger partial charge in [-0.3, -0.25) is 4.90 Å². The maximum absolute atomic E-state index is 11.6. The van der Waals surface area contributed by atoms with Crippen molar-refractivity contribution < 1.29 is 23.5 Å². The monoisotopic (exact) mass is 316 g/mol. The highest BCUT2D eigenvalue weighted by Gasteiger charge is 2.55. The number of anilines is 1. The van der Waals surface area contributed by atoms with Gasteiger partial charge in [-0.05, 0) is 18.1 Å². The largest absolute Gasteiger partial charge is 0.462 e. The van der Waals surface area contributed by atoms with Crippen LogP contribution in [0.4, 0.5) is 5.69 Å². The van der Waals surface area contributed by atoms with Crippen molar-refractivity contribution in [2.75, 3.05) is 24.5 Å². The van der Waals surface area contributed by atoms with Crippen molar-refractivity contribution in [3.05, 3.63) is 30.0 Å². The summed E-state index contributed by atoms with van der Waals surface area (Å²) in [6.45, 7) is 3.46. The number of ether oxygens (including phenoxy) is 2. The molecular formula is C16H16N2O5. The number of carbonyl (C=O) groups excluding carboxylic acids is 2. The summed E-state index contributed by atoms with van der Waals surface area (Å²) in [6, 6.07) is 5.78. The third-order valence-corrected chi connectivity index (χ3v) is 4.27. The number of hydrogen-bond donors (Lipinski definition) is 1. The summed E-state index contributed by atoms with van der Waals surface area (Å²) < 4.78 is 16.3. The SMILES string of the molecule is CCc1coc2c(N3CCNCC34OC(=O)C(=O)O4)cccc12. The number of nitrogens with one attached hydrogen (secondary N) is 1. The zero-order valence-corrected chi connectivity index (χ0v) is 12.6. The van der Waals surface area contributed by atoms with Gasteiger partial charge in [-0.25, -0.2) is 9.59 Å². The molecule has 7 nitrogen and oxygen atoms in total. The van der Waals surface area contributed by atoms with Crippen molar-refractivity contribution in [1.82, 2.24) is 5.32 Å². The van der Waals surface area contributed by atoms with E-state index < -0.39 is 17.8 Å². The number of aryl methyl sites for hydroxylation is 1. The number of furan rings is 1. The van der Waals surface area contributed by atoms with Crippen molar-refractivity contribution in [2.45, 2.75) is 19.3 Å². The molecule has 2 aliphatic heterocycles. The van der Waals surface area contributed by atoms with Crippen molar-refractivity contribution in [2.24, 2.45) is 0 Å². The first-order valence-electron chi connectivity index (χ1n) is 7.58. The molecule has 0 bridgehead atoms. The molecule has 0 unspecified atom stereocenters. The van der Waals surface area contributed by atoms with E-state index in [9.17, 15) is 9.59 Å². The van der Waals surface area contributed by atoms with Gasteiger partial charge in [-0.15, -0.1) is 0 Å². The Morgan fingerprint density at radius 3 is 2.78 bits per heavy atom. The van der Waals surface area contributed by atoms with E-state index in [1.165, 1.54) is 0 Å². The standard InChI is InChI=1S/C16H16N2O5/c1-2-10-8-21-13-11(10)4-3-5-12(13)18-7-6-17-9-16(18)22-14(19)15(20)23-16/h3-5,8,17H,2,6-7,9H2,1H3. The summed E-state index contributed by atoms with van der Waals surface area (Å²) in [5.41, 5.74) is 2.54. The van der Waals surface area contributed by atoms with Gasteiger partial charge >= 0.3 is 17.8 Å². The van der Waals surface area contributed by atoms with Crippen LogP contribution in [0.1, 0.15) is 12.5 Å². The molecule has 1 aromatic heterocycles. The van der Waals surface area contributed by atoms with E-state index >= 15 is 0 Å². The third-order valence-electron chi connectivity index (χ3n) is 4.27. The predicted molar refractivity (Wildman–Crippen MR) is 80.7 cm³/mol. The molecule has 2 saturated heterocycles. The first kappa shape index (κ1) is 14.1. The first-order valence-corrected chi connectivity index (χ1v) is 7.58. The molecule has 1 spiro atoms. The second-order valence-corrected chi connectivity index (χ2v) is 5.59. The fraction of sp³-hybridized carbons (Fsp3) is 0.375. The van der Waals surface area contributed by atoms with Crippen LogP contribution in [0.2, 0.25) is 0 Å². The van der Waals surface area contributed by atoms with Gasteiger partial charge in [0.25, 0.3) is 0 Å². The molecule has 0 atom stereocenters. The molecule has 2 fully saturated rings. The molecule has 7 heteroatoms. The lowest BCUT2D eigenvalue weighted by Gasteiger charge is -2.41. The van der Waals surface area contributed by atoms with Gasteiger partial charge in [0.2, 0.25) is 0 Å². The molecule has 23 heavy (non-hydrogen) atoms. The summed E-state index contributed by atoms with van der Waals surface area (Å²) in [5, 5.41) is 4.10. The van der Waals surface area contributed by atoms with Gasteiger partial charge < -0.3 is 19.2 Å². The maximum Gasteiger partial charge on any atom is 0.422 e. The fourth-order valence-electron chi connectivity index (χ4n) is 3.16. The van der Waals surface area contributed by atoms with Gasteiger partial charge in [-0.2, -0.15) is 0 Å². The summed E-state index contributed by atoms with van der Waals surface area (Å²) in [4.78, 5) is 24.9. The normalized spacial score (nSPS) is 20.1. The number of esters is 2. The van der Waals surface area contributed by atoms with Gasteiger partial charge in [0.1, 0.15) is 0 Å². The number of para-hydroxylation sites is 1. The van der Waals surface area contributed by atoms with Crippen LogP contribution in [-0.2, 0) is 25.5 Å². The summed E-state index contributed by atoms with van der Waals surface area (Å²) in [5.74, 6) is -3.39. The number of fused-ring (bicyclic) bond motifs is 1. The van der Waals surface area contributed by atoms with Crippen LogP contribution in [0.5, 0.6) is 0 Å². The van der Waals surface area contributed by atoms with Gasteiger partial charge in [-0.1, -0.05) is 19.1 Å². The summed E-state index contributed by atoms with van der Waals surface area (Å²) >= 11 is 0. The Balaban J connectivity index is 1.83. The Bertz CT molecular complexity index is 781. The average molecular weight is 316 g/mol. The Kier molecular flexibility index (Phi) is 3.05. The molecule has 1 aromatic carbocycles. The minimum absolute atomic E-state index is 0.211. The van der Waals surface area contributed by atoms with Crippen LogP contribution in [0, 0.1) is 0 Å². The van der Waals surface area contributed by atoms with Gasteiger partial charge in [0.05, 0.1) is 18.5 Å². The van der Waals surface area contributed by atoms with Gasteiger partial charge in [0.15, 0.2) is 5.58 Å². The number of benzene rings is 1. The predicted octanol–water partition coefficient (Wildman–Crippen LogP) is 1.16. The highest BCUT2D eigenvalue weighted by molar-refractivity contribution is 6.31. The molecule has 2 aromatic rings. The van der Waals surface area contributed by atoms with Crippen LogP contribution in [0.15, 0.2) is 28.9 Å². The van der Waals surface area contributed by atoms with Crippen LogP contribution in [-0.4, -0.2) is 37.5 Å². The topological polar surface area (TPSA) is 81.0 Å². The zero-order valence-electron chi connectivity index (χ0n) is 12.6. The van der Waals surface area contributed by atoms with E-state index in [1.807, 2.05) is 18.2 Å². The maximum atomic E-state index is 11.6. The molecule has 3 heterocycles. The first-order chi connectivity index (χ1) is 11.1. The zero-order chi connectivity index (χ0) is 16.0. The summed E-state index contributed by atoms with van der Waals surface area (Å²) in [6.07, 6.45) is 2.59. The second-order valence-electron chi connectivity index (χ2n) is 5.59. The van der Waals surface area contributed by atoms with Crippen LogP contribution < -0.4 is 10.2 Å². The average Bonchev–Trinajstić information content (AvgIpc) is 3.09. The number of nitrogens with zero attached hydrogens (tertiary/aromatic N) is 1. The Morgan fingerprint density at radius 2 is 2.04 bits per heavy atom. The number of piperazine rings is 1. The molecule has 0 aliphatic carbocycles. The minimum Gasteiger partial charge on any atom is -0.462 e. The van der Waals surface area contributed by atoms with E-state index in [0.29, 0.717) is 18.7 Å². The highest BCUT2D eigenvalue weighted by atomic mass is 16.8. The lowest BCUT2D eigenvalue weighted by atomic mass is 10.1. The van der Waals surface area contributed by atoms with Crippen LogP contribution in [0.25, 0.3) is 11.0 Å². The third kappa shape index (κ3) is 2.00. The second kappa shape index (κ2) is 4.99. The quantitative estimate of drug-likeness (QED) is 0.657. The number of carbonyl (C=O) groups is 2. The molecule has 0 saturated carbocycles. The number of hydrogen-bond acceptors (Lipinski definition) is 7. The Hall–Kier alpha value is -2.54. The lowest BCUT2D eigenvalue weighted by molar-refractivity contribution is -0.180. The van der Waals surface area contributed by atoms with Crippen molar-refractivity contribution in [3.8, 4) is 0 Å². The van der Waals surface area contributed by atoms with Crippen molar-refractivity contribution in [3.63, 3.8) is 0 Å². The highest BCUT2D eigenvalue weighted by Crippen LogP contribution is 2.37. The molecule has 2 aliphatic rings. The van der Waals surface area contributed by atoms with Crippen LogP contribution in [0.3, 0.4) is 0 Å². The van der Waals surface area contributed by atoms with Crippen molar-refractivity contribution >= 4 is 28.6 Å². The van der Waals surface area contributed by atoms with Crippen LogP contribution >= 0.6 is 0 Å². The van der Waals surface area contributed by atoms with E-state index in [1.54, 1.807) is 11.2 Å². The smallest absolute Gasteiger partial charge is 0.422 e. The van der Waals surface area contributed by atoms with E-state index in [0.717, 1.165) is 23.1 Å². The molecular weight excluding hydrogens is 300 g/mol. The minimum atomic E-state index is -1.44. The van der Waals surface area contributed by atoms with E-state index in [4.69, 9.17) is 13.9 Å². The molecule has 1 N–H and O–H groups in total. The lowest BCUT2D eigenvalue weighted by Crippen LogP contribution is -2.62. The van der Waals surface area contributed by atoms with Gasteiger partial charge in [0, 0.05) is 18.5 Å². The Morgan fingerprint density at radius 1 is 1.26 bits per heavy atom. The number of rotatable bonds is 2. The van der Waals surface area contributed by atoms with Crippen molar-refractivity contribution in [1.29, 1.82) is 0 Å². The van der Waals surface area contributed by atoms with E-state index in [-0.39, 0.29) is 6.54 Å². The molecule has 0 radical (unpaired) electrons. The summed E-state index contributed by atoms with van der Waals surface area (Å²) in [7, 11) is 0. The molecule has 0 amide bonds. The molecule has 120 valence electrons.